The van der Waals surface area contributed by atoms with Crippen molar-refractivity contribution in [3.63, 3.8) is 0 Å². The number of benzene rings is 1. The van der Waals surface area contributed by atoms with Gasteiger partial charge in [-0.15, -0.1) is 11.3 Å². The van der Waals surface area contributed by atoms with Gasteiger partial charge in [-0.2, -0.15) is 0 Å². The van der Waals surface area contributed by atoms with Crippen LogP contribution in [0.4, 0.5) is 11.4 Å². The van der Waals surface area contributed by atoms with Gasteiger partial charge in [-0.25, -0.2) is 4.98 Å². The third-order valence-corrected chi connectivity index (χ3v) is 3.30. The van der Waals surface area contributed by atoms with Crippen LogP contribution in [0.25, 0.3) is 0 Å². The van der Waals surface area contributed by atoms with Gasteiger partial charge < -0.3 is 10.1 Å². The van der Waals surface area contributed by atoms with E-state index in [2.05, 4.69) is 10.3 Å². The van der Waals surface area contributed by atoms with E-state index in [0.29, 0.717) is 18.8 Å². The lowest BCUT2D eigenvalue weighted by molar-refractivity contribution is -0.384. The summed E-state index contributed by atoms with van der Waals surface area (Å²) >= 11 is 1.54. The van der Waals surface area contributed by atoms with E-state index in [9.17, 15) is 10.1 Å². The minimum absolute atomic E-state index is 0.0207. The van der Waals surface area contributed by atoms with Gasteiger partial charge in [0.2, 0.25) is 0 Å². The third-order valence-electron chi connectivity index (χ3n) is 2.66. The Morgan fingerprint density at radius 3 is 3.00 bits per heavy atom. The van der Waals surface area contributed by atoms with Crippen molar-refractivity contribution < 1.29 is 9.66 Å². The molecule has 0 amide bonds. The fraction of sp³-hybridized carbons (Fsp3) is 0.308. The van der Waals surface area contributed by atoms with E-state index in [1.807, 2.05) is 5.38 Å². The lowest BCUT2D eigenvalue weighted by Crippen LogP contribution is -2.08. The number of para-hydroxylation sites is 1. The standard InChI is InChI=1S/C13H15N3O3S/c1-2-19-12-5-3-4-11(13(12)16(17)18)14-7-6-10-8-20-9-15-10/h3-5,8-9,14H,2,6-7H2,1H3. The summed E-state index contributed by atoms with van der Waals surface area (Å²) in [5, 5.41) is 16.2. The number of aromatic nitrogens is 1. The van der Waals surface area contributed by atoms with Gasteiger partial charge in [-0.05, 0) is 19.1 Å². The summed E-state index contributed by atoms with van der Waals surface area (Å²) in [6.45, 7) is 2.77. The first-order valence-electron chi connectivity index (χ1n) is 6.23. The van der Waals surface area contributed by atoms with Crippen molar-refractivity contribution in [3.05, 3.63) is 44.9 Å². The molecular formula is C13H15N3O3S. The number of ether oxygens (including phenoxy) is 1. The van der Waals surface area contributed by atoms with Gasteiger partial charge in [0.05, 0.1) is 22.7 Å². The van der Waals surface area contributed by atoms with Crippen LogP contribution < -0.4 is 10.1 Å². The first kappa shape index (κ1) is 14.3. The van der Waals surface area contributed by atoms with Crippen LogP contribution in [0, 0.1) is 10.1 Å². The third kappa shape index (κ3) is 3.45. The Hall–Kier alpha value is -2.15. The van der Waals surface area contributed by atoms with Crippen LogP contribution in [0.5, 0.6) is 5.75 Å². The molecule has 0 spiro atoms. The van der Waals surface area contributed by atoms with Gasteiger partial charge in [0.15, 0.2) is 5.75 Å². The molecule has 6 nitrogen and oxygen atoms in total. The predicted molar refractivity (Wildman–Crippen MR) is 78.6 cm³/mol. The van der Waals surface area contributed by atoms with Crippen LogP contribution in [0.2, 0.25) is 0 Å². The zero-order valence-electron chi connectivity index (χ0n) is 11.0. The predicted octanol–water partition coefficient (Wildman–Crippen LogP) is 3.10. The van der Waals surface area contributed by atoms with E-state index in [0.717, 1.165) is 12.1 Å². The van der Waals surface area contributed by atoms with E-state index >= 15 is 0 Å². The molecule has 0 aliphatic carbocycles. The lowest BCUT2D eigenvalue weighted by Gasteiger charge is -2.09. The topological polar surface area (TPSA) is 77.3 Å². The maximum Gasteiger partial charge on any atom is 0.333 e. The largest absolute Gasteiger partial charge is 0.487 e. The molecule has 1 heterocycles. The fourth-order valence-corrected chi connectivity index (χ4v) is 2.40. The SMILES string of the molecule is CCOc1cccc(NCCc2cscn2)c1[N+](=O)[O-]. The minimum atomic E-state index is -0.420. The molecule has 20 heavy (non-hydrogen) atoms. The molecule has 0 saturated carbocycles. The molecule has 1 aromatic carbocycles. The molecule has 1 N–H and O–H groups in total. The van der Waals surface area contributed by atoms with Gasteiger partial charge in [0.1, 0.15) is 5.69 Å². The maximum atomic E-state index is 11.2. The summed E-state index contributed by atoms with van der Waals surface area (Å²) in [7, 11) is 0. The number of rotatable bonds is 7. The highest BCUT2D eigenvalue weighted by Gasteiger charge is 2.20. The molecule has 0 aliphatic heterocycles. The Morgan fingerprint density at radius 1 is 1.50 bits per heavy atom. The number of nitrogens with zero attached hydrogens (tertiary/aromatic N) is 2. The summed E-state index contributed by atoms with van der Waals surface area (Å²) in [5.41, 5.74) is 3.20. The fourth-order valence-electron chi connectivity index (χ4n) is 1.81. The zero-order valence-corrected chi connectivity index (χ0v) is 11.9. The minimum Gasteiger partial charge on any atom is -0.487 e. The summed E-state index contributed by atoms with van der Waals surface area (Å²) in [5.74, 6) is 0.288. The number of hydrogen-bond acceptors (Lipinski definition) is 6. The number of thiazole rings is 1. The molecule has 0 saturated heterocycles. The van der Waals surface area contributed by atoms with Crippen molar-refractivity contribution in [1.29, 1.82) is 0 Å². The molecule has 0 fully saturated rings. The Labute approximate surface area is 120 Å². The molecular weight excluding hydrogens is 278 g/mol. The van der Waals surface area contributed by atoms with Crippen LogP contribution >= 0.6 is 11.3 Å². The van der Waals surface area contributed by atoms with Crippen molar-refractivity contribution in [2.75, 3.05) is 18.5 Å². The highest BCUT2D eigenvalue weighted by molar-refractivity contribution is 7.07. The molecule has 2 aromatic rings. The first-order valence-corrected chi connectivity index (χ1v) is 7.17. The Kier molecular flexibility index (Phi) is 4.89. The highest BCUT2D eigenvalue weighted by atomic mass is 32.1. The molecule has 0 atom stereocenters. The van der Waals surface area contributed by atoms with E-state index in [1.54, 1.807) is 30.6 Å². The van der Waals surface area contributed by atoms with Crippen LogP contribution in [0.1, 0.15) is 12.6 Å². The van der Waals surface area contributed by atoms with Gasteiger partial charge in [0.25, 0.3) is 0 Å². The van der Waals surface area contributed by atoms with Crippen molar-refractivity contribution in [2.24, 2.45) is 0 Å². The maximum absolute atomic E-state index is 11.2. The van der Waals surface area contributed by atoms with Crippen LogP contribution in [0.15, 0.2) is 29.1 Å². The van der Waals surface area contributed by atoms with Crippen LogP contribution in [0.3, 0.4) is 0 Å². The molecule has 2 rings (SSSR count). The van der Waals surface area contributed by atoms with Crippen molar-refractivity contribution in [1.82, 2.24) is 4.98 Å². The van der Waals surface area contributed by atoms with Crippen LogP contribution in [-0.4, -0.2) is 23.1 Å². The summed E-state index contributed by atoms with van der Waals surface area (Å²) in [4.78, 5) is 14.9. The first-order chi connectivity index (χ1) is 9.72. The number of nitro benzene ring substituents is 1. The Morgan fingerprint density at radius 2 is 2.35 bits per heavy atom. The lowest BCUT2D eigenvalue weighted by atomic mass is 10.2. The highest BCUT2D eigenvalue weighted by Crippen LogP contribution is 2.34. The molecule has 7 heteroatoms. The molecule has 106 valence electrons. The zero-order chi connectivity index (χ0) is 14.4. The average Bonchev–Trinajstić information content (AvgIpc) is 2.92. The normalized spacial score (nSPS) is 10.2. The smallest absolute Gasteiger partial charge is 0.333 e. The Balaban J connectivity index is 2.09. The molecule has 1 aromatic heterocycles. The van der Waals surface area contributed by atoms with Gasteiger partial charge in [-0.1, -0.05) is 6.07 Å². The summed E-state index contributed by atoms with van der Waals surface area (Å²) < 4.78 is 5.30. The van der Waals surface area contributed by atoms with Gasteiger partial charge in [-0.3, -0.25) is 10.1 Å². The second-order valence-electron chi connectivity index (χ2n) is 4.00. The number of anilines is 1. The van der Waals surface area contributed by atoms with Crippen molar-refractivity contribution >= 4 is 22.7 Å². The summed E-state index contributed by atoms with van der Waals surface area (Å²) in [6, 6.07) is 5.03. The number of nitro groups is 1. The molecule has 0 unspecified atom stereocenters. The monoisotopic (exact) mass is 293 g/mol. The van der Waals surface area contributed by atoms with Gasteiger partial charge >= 0.3 is 5.69 Å². The molecule has 0 radical (unpaired) electrons. The molecule has 0 aliphatic rings. The van der Waals surface area contributed by atoms with Crippen molar-refractivity contribution in [2.45, 2.75) is 13.3 Å². The second-order valence-corrected chi connectivity index (χ2v) is 4.72. The van der Waals surface area contributed by atoms with E-state index in [4.69, 9.17) is 4.74 Å². The number of nitrogens with one attached hydrogen (secondary N) is 1. The molecule has 0 bridgehead atoms. The Bertz CT molecular complexity index is 572. The van der Waals surface area contributed by atoms with Crippen molar-refractivity contribution in [3.8, 4) is 5.75 Å². The van der Waals surface area contributed by atoms with Gasteiger partial charge in [0, 0.05) is 18.3 Å². The quantitative estimate of drug-likeness (QED) is 0.627. The van der Waals surface area contributed by atoms with E-state index < -0.39 is 4.92 Å². The number of hydrogen-bond donors (Lipinski definition) is 1. The van der Waals surface area contributed by atoms with Crippen LogP contribution in [-0.2, 0) is 6.42 Å². The van der Waals surface area contributed by atoms with E-state index in [-0.39, 0.29) is 11.4 Å². The second kappa shape index (κ2) is 6.85. The summed E-state index contributed by atoms with van der Waals surface area (Å²) in [6.07, 6.45) is 0.722. The van der Waals surface area contributed by atoms with E-state index in [1.165, 1.54) is 11.3 Å². The average molecular weight is 293 g/mol.